The minimum Gasteiger partial charge on any atom is -0.335 e. The first-order valence-electron chi connectivity index (χ1n) is 6.84. The van der Waals surface area contributed by atoms with Gasteiger partial charge in [-0.1, -0.05) is 43.3 Å². The molecule has 0 spiro atoms. The van der Waals surface area contributed by atoms with Gasteiger partial charge in [0.2, 0.25) is 5.91 Å². The molecule has 0 aliphatic heterocycles. The maximum Gasteiger partial charge on any atom is 0.237 e. The van der Waals surface area contributed by atoms with Crippen LogP contribution in [0, 0.1) is 0 Å². The van der Waals surface area contributed by atoms with Crippen molar-refractivity contribution in [1.82, 2.24) is 10.2 Å². The van der Waals surface area contributed by atoms with Crippen LogP contribution in [0.3, 0.4) is 0 Å². The number of benzene rings is 1. The van der Waals surface area contributed by atoms with Gasteiger partial charge in [0.05, 0.1) is 6.54 Å². The Hall–Kier alpha value is -1.61. The number of rotatable bonds is 8. The van der Waals surface area contributed by atoms with E-state index in [1.165, 1.54) is 5.56 Å². The molecule has 1 aromatic carbocycles. The van der Waals surface area contributed by atoms with Gasteiger partial charge in [0.15, 0.2) is 0 Å². The summed E-state index contributed by atoms with van der Waals surface area (Å²) in [6.45, 7) is 9.52. The normalized spacial score (nSPS) is 11.9. The van der Waals surface area contributed by atoms with Crippen LogP contribution in [0.15, 0.2) is 43.0 Å². The van der Waals surface area contributed by atoms with Crippen molar-refractivity contribution in [2.24, 2.45) is 0 Å². The highest BCUT2D eigenvalue weighted by Crippen LogP contribution is 2.10. The standard InChI is InChI=1S/C16H24N2O/c1-4-11-17-12-16(19)18(14(3)5-2)13-15-9-7-6-8-10-15/h4,6-10,14,17H,1,5,11-13H2,2-3H3. The molecule has 0 saturated heterocycles. The maximum atomic E-state index is 12.3. The molecule has 1 N–H and O–H groups in total. The van der Waals surface area contributed by atoms with E-state index in [4.69, 9.17) is 0 Å². The van der Waals surface area contributed by atoms with Crippen molar-refractivity contribution in [3.63, 3.8) is 0 Å². The second kappa shape index (κ2) is 8.48. The molecule has 0 aliphatic rings. The Morgan fingerprint density at radius 1 is 1.42 bits per heavy atom. The van der Waals surface area contributed by atoms with Crippen LogP contribution in [0.1, 0.15) is 25.8 Å². The first-order chi connectivity index (χ1) is 9.19. The summed E-state index contributed by atoms with van der Waals surface area (Å²) >= 11 is 0. The second-order valence-electron chi connectivity index (χ2n) is 4.68. The number of hydrogen-bond acceptors (Lipinski definition) is 2. The highest BCUT2D eigenvalue weighted by atomic mass is 16.2. The predicted molar refractivity (Wildman–Crippen MR) is 79.8 cm³/mol. The molecule has 0 saturated carbocycles. The molecular weight excluding hydrogens is 236 g/mol. The molecule has 0 heterocycles. The number of hydrogen-bond donors (Lipinski definition) is 1. The van der Waals surface area contributed by atoms with Crippen molar-refractivity contribution < 1.29 is 4.79 Å². The van der Waals surface area contributed by atoms with Crippen molar-refractivity contribution in [3.05, 3.63) is 48.6 Å². The van der Waals surface area contributed by atoms with Gasteiger partial charge in [-0.3, -0.25) is 4.79 Å². The summed E-state index contributed by atoms with van der Waals surface area (Å²) in [5, 5.41) is 3.07. The lowest BCUT2D eigenvalue weighted by Crippen LogP contribution is -2.42. The van der Waals surface area contributed by atoms with Gasteiger partial charge in [-0.15, -0.1) is 6.58 Å². The van der Waals surface area contributed by atoms with Crippen LogP contribution in [0.2, 0.25) is 0 Å². The molecule has 0 aromatic heterocycles. The highest BCUT2D eigenvalue weighted by molar-refractivity contribution is 5.78. The van der Waals surface area contributed by atoms with E-state index in [2.05, 4.69) is 37.9 Å². The minimum absolute atomic E-state index is 0.139. The first-order valence-corrected chi connectivity index (χ1v) is 6.84. The van der Waals surface area contributed by atoms with E-state index in [-0.39, 0.29) is 11.9 Å². The smallest absolute Gasteiger partial charge is 0.237 e. The summed E-state index contributed by atoms with van der Waals surface area (Å²) in [7, 11) is 0. The summed E-state index contributed by atoms with van der Waals surface area (Å²) in [6.07, 6.45) is 2.72. The van der Waals surface area contributed by atoms with E-state index in [0.29, 0.717) is 19.6 Å². The molecule has 19 heavy (non-hydrogen) atoms. The van der Waals surface area contributed by atoms with E-state index in [1.807, 2.05) is 23.1 Å². The van der Waals surface area contributed by atoms with Gasteiger partial charge in [0, 0.05) is 19.1 Å². The quantitative estimate of drug-likeness (QED) is 0.575. The summed E-state index contributed by atoms with van der Waals surface area (Å²) in [6, 6.07) is 10.4. The molecule has 1 unspecified atom stereocenters. The van der Waals surface area contributed by atoms with Crippen molar-refractivity contribution in [3.8, 4) is 0 Å². The van der Waals surface area contributed by atoms with E-state index < -0.39 is 0 Å². The Kier molecular flexibility index (Phi) is 6.90. The average Bonchev–Trinajstić information content (AvgIpc) is 2.45. The van der Waals surface area contributed by atoms with Crippen LogP contribution in [0.4, 0.5) is 0 Å². The minimum atomic E-state index is 0.139. The number of nitrogens with zero attached hydrogens (tertiary/aromatic N) is 1. The first kappa shape index (κ1) is 15.4. The fourth-order valence-corrected chi connectivity index (χ4v) is 1.87. The van der Waals surface area contributed by atoms with Gasteiger partial charge in [-0.2, -0.15) is 0 Å². The topological polar surface area (TPSA) is 32.3 Å². The van der Waals surface area contributed by atoms with Gasteiger partial charge >= 0.3 is 0 Å². The van der Waals surface area contributed by atoms with Crippen LogP contribution in [0.25, 0.3) is 0 Å². The van der Waals surface area contributed by atoms with Crippen molar-refractivity contribution in [2.45, 2.75) is 32.9 Å². The molecular formula is C16H24N2O. The number of nitrogens with one attached hydrogen (secondary N) is 1. The van der Waals surface area contributed by atoms with Crippen molar-refractivity contribution in [2.75, 3.05) is 13.1 Å². The molecule has 104 valence electrons. The number of amides is 1. The van der Waals surface area contributed by atoms with Crippen molar-refractivity contribution in [1.29, 1.82) is 0 Å². The summed E-state index contributed by atoms with van der Waals surface area (Å²) < 4.78 is 0. The van der Waals surface area contributed by atoms with Gasteiger partial charge < -0.3 is 10.2 Å². The molecule has 3 heteroatoms. The lowest BCUT2D eigenvalue weighted by atomic mass is 10.1. The zero-order valence-corrected chi connectivity index (χ0v) is 11.9. The molecule has 0 bridgehead atoms. The zero-order valence-electron chi connectivity index (χ0n) is 11.9. The summed E-state index contributed by atoms with van der Waals surface area (Å²) in [5.41, 5.74) is 1.17. The molecule has 1 rings (SSSR count). The van der Waals surface area contributed by atoms with Crippen LogP contribution >= 0.6 is 0 Å². The Morgan fingerprint density at radius 3 is 2.68 bits per heavy atom. The monoisotopic (exact) mass is 260 g/mol. The Balaban J connectivity index is 2.66. The van der Waals surface area contributed by atoms with Crippen LogP contribution < -0.4 is 5.32 Å². The third kappa shape index (κ3) is 5.26. The summed E-state index contributed by atoms with van der Waals surface area (Å²) in [4.78, 5) is 14.2. The van der Waals surface area contributed by atoms with E-state index in [9.17, 15) is 4.79 Å². The Bertz CT molecular complexity index is 389. The molecule has 1 amide bonds. The van der Waals surface area contributed by atoms with E-state index >= 15 is 0 Å². The Morgan fingerprint density at radius 2 is 2.11 bits per heavy atom. The van der Waals surface area contributed by atoms with Gasteiger partial charge in [0.1, 0.15) is 0 Å². The maximum absolute atomic E-state index is 12.3. The van der Waals surface area contributed by atoms with Crippen LogP contribution in [-0.2, 0) is 11.3 Å². The fourth-order valence-electron chi connectivity index (χ4n) is 1.87. The van der Waals surface area contributed by atoms with Gasteiger partial charge in [0.25, 0.3) is 0 Å². The predicted octanol–water partition coefficient (Wildman–Crippen LogP) is 2.59. The molecule has 0 radical (unpaired) electrons. The fraction of sp³-hybridized carbons (Fsp3) is 0.438. The highest BCUT2D eigenvalue weighted by Gasteiger charge is 2.18. The lowest BCUT2D eigenvalue weighted by molar-refractivity contribution is -0.133. The SMILES string of the molecule is C=CCNCC(=O)N(Cc1ccccc1)C(C)CC. The molecule has 0 aliphatic carbocycles. The van der Waals surface area contributed by atoms with Crippen LogP contribution in [-0.4, -0.2) is 29.9 Å². The van der Waals surface area contributed by atoms with E-state index in [0.717, 1.165) is 6.42 Å². The molecule has 0 fully saturated rings. The molecule has 1 atom stereocenters. The number of carbonyl (C=O) groups excluding carboxylic acids is 1. The number of carbonyl (C=O) groups is 1. The van der Waals surface area contributed by atoms with E-state index in [1.54, 1.807) is 6.08 Å². The second-order valence-corrected chi connectivity index (χ2v) is 4.68. The van der Waals surface area contributed by atoms with Crippen LogP contribution in [0.5, 0.6) is 0 Å². The van der Waals surface area contributed by atoms with Crippen molar-refractivity contribution >= 4 is 5.91 Å². The molecule has 1 aromatic rings. The largest absolute Gasteiger partial charge is 0.335 e. The third-order valence-corrected chi connectivity index (χ3v) is 3.20. The van der Waals surface area contributed by atoms with Gasteiger partial charge in [-0.05, 0) is 18.9 Å². The van der Waals surface area contributed by atoms with Gasteiger partial charge in [-0.25, -0.2) is 0 Å². The summed E-state index contributed by atoms with van der Waals surface area (Å²) in [5.74, 6) is 0.139. The lowest BCUT2D eigenvalue weighted by Gasteiger charge is -2.29. The zero-order chi connectivity index (χ0) is 14.1. The Labute approximate surface area is 116 Å². The third-order valence-electron chi connectivity index (χ3n) is 3.20. The average molecular weight is 260 g/mol. The molecule has 3 nitrogen and oxygen atoms in total.